The van der Waals surface area contributed by atoms with Crippen molar-refractivity contribution in [3.8, 4) is 28.7 Å². The fourth-order valence-corrected chi connectivity index (χ4v) is 3.57. The smallest absolute Gasteiger partial charge is 0.326 e. The van der Waals surface area contributed by atoms with Gasteiger partial charge in [-0.25, -0.2) is 4.79 Å². The molecule has 1 aliphatic rings. The lowest BCUT2D eigenvalue weighted by Gasteiger charge is -2.14. The molecule has 37 heavy (non-hydrogen) atoms. The predicted molar refractivity (Wildman–Crippen MR) is 129 cm³/mol. The molecule has 1 aliphatic heterocycles. The Morgan fingerprint density at radius 3 is 2.43 bits per heavy atom. The maximum atomic E-state index is 12.9. The Bertz CT molecular complexity index is 1250. The number of nitrogens with two attached hydrogens (primary N) is 1. The number of carbonyl (C=O) groups is 4. The first-order valence-electron chi connectivity index (χ1n) is 11.0. The molecular formula is C25H26N2O10. The van der Waals surface area contributed by atoms with Crippen LogP contribution in [0.15, 0.2) is 36.1 Å². The van der Waals surface area contributed by atoms with Crippen LogP contribution in [0.5, 0.6) is 28.7 Å². The summed E-state index contributed by atoms with van der Waals surface area (Å²) in [5.74, 6) is -1.42. The Balaban J connectivity index is 1.71. The highest BCUT2D eigenvalue weighted by Crippen LogP contribution is 2.42. The second-order valence-corrected chi connectivity index (χ2v) is 7.77. The van der Waals surface area contributed by atoms with E-state index >= 15 is 0 Å². The first-order chi connectivity index (χ1) is 17.7. The number of ether oxygens (including phenoxy) is 5. The number of aliphatic carboxylic acids is 1. The quantitative estimate of drug-likeness (QED) is 0.353. The lowest BCUT2D eigenvalue weighted by atomic mass is 10.1. The van der Waals surface area contributed by atoms with Crippen LogP contribution in [0, 0.1) is 0 Å². The molecule has 0 saturated heterocycles. The van der Waals surface area contributed by atoms with E-state index in [4.69, 9.17) is 29.4 Å². The first-order valence-corrected chi connectivity index (χ1v) is 11.0. The van der Waals surface area contributed by atoms with E-state index in [0.717, 1.165) is 0 Å². The van der Waals surface area contributed by atoms with E-state index in [1.807, 2.05) is 0 Å². The van der Waals surface area contributed by atoms with Gasteiger partial charge in [0.05, 0.1) is 26.9 Å². The number of fused-ring (bicyclic) bond motifs is 1. The molecule has 0 spiro atoms. The minimum absolute atomic E-state index is 0.0363. The molecule has 0 aromatic heterocycles. The van der Waals surface area contributed by atoms with Crippen molar-refractivity contribution in [3.05, 3.63) is 47.2 Å². The predicted octanol–water partition coefficient (Wildman–Crippen LogP) is 1.54. The summed E-state index contributed by atoms with van der Waals surface area (Å²) >= 11 is 0. The second-order valence-electron chi connectivity index (χ2n) is 7.77. The van der Waals surface area contributed by atoms with E-state index in [1.165, 1.54) is 45.6 Å². The summed E-state index contributed by atoms with van der Waals surface area (Å²) in [5, 5.41) is 11.5. The highest BCUT2D eigenvalue weighted by atomic mass is 16.5. The summed E-state index contributed by atoms with van der Waals surface area (Å²) in [4.78, 5) is 47.2. The summed E-state index contributed by atoms with van der Waals surface area (Å²) in [6.07, 6.45) is 1.17. The summed E-state index contributed by atoms with van der Waals surface area (Å²) in [6, 6.07) is 6.48. The number of primary amides is 1. The van der Waals surface area contributed by atoms with E-state index in [0.29, 0.717) is 28.4 Å². The molecule has 4 N–H and O–H groups in total. The zero-order chi connectivity index (χ0) is 27.1. The van der Waals surface area contributed by atoms with E-state index in [9.17, 15) is 24.3 Å². The average Bonchev–Trinajstić information content (AvgIpc) is 3.18. The Hall–Kier alpha value is -4.74. The van der Waals surface area contributed by atoms with Gasteiger partial charge in [-0.2, -0.15) is 0 Å². The van der Waals surface area contributed by atoms with Crippen molar-refractivity contribution in [1.82, 2.24) is 5.32 Å². The van der Waals surface area contributed by atoms with Gasteiger partial charge in [0.25, 0.3) is 5.91 Å². The summed E-state index contributed by atoms with van der Waals surface area (Å²) < 4.78 is 27.2. The molecule has 0 unspecified atom stereocenters. The average molecular weight is 514 g/mol. The maximum absolute atomic E-state index is 12.9. The van der Waals surface area contributed by atoms with Gasteiger partial charge in [-0.1, -0.05) is 0 Å². The van der Waals surface area contributed by atoms with Gasteiger partial charge >= 0.3 is 5.97 Å². The van der Waals surface area contributed by atoms with Gasteiger partial charge in [0.2, 0.25) is 17.4 Å². The lowest BCUT2D eigenvalue weighted by Crippen LogP contribution is -2.43. The molecule has 0 fully saturated rings. The zero-order valence-electron chi connectivity index (χ0n) is 20.4. The van der Waals surface area contributed by atoms with Crippen molar-refractivity contribution < 1.29 is 48.0 Å². The monoisotopic (exact) mass is 514 g/mol. The van der Waals surface area contributed by atoms with Gasteiger partial charge in [-0.15, -0.1) is 0 Å². The molecule has 0 aliphatic carbocycles. The van der Waals surface area contributed by atoms with Gasteiger partial charge in [0.1, 0.15) is 17.5 Å². The van der Waals surface area contributed by atoms with Crippen LogP contribution in [0.25, 0.3) is 6.08 Å². The van der Waals surface area contributed by atoms with Crippen molar-refractivity contribution in [3.63, 3.8) is 0 Å². The summed E-state index contributed by atoms with van der Waals surface area (Å²) in [6.45, 7) is -0.501. The number of Topliss-reactive ketones (excluding diaryl/α,β-unsaturated/α-hetero) is 1. The molecule has 0 bridgehead atoms. The topological polar surface area (TPSA) is 173 Å². The van der Waals surface area contributed by atoms with Crippen molar-refractivity contribution >= 4 is 29.6 Å². The number of carboxylic acid groups (broad SMARTS) is 1. The molecule has 12 heteroatoms. The number of amides is 2. The third kappa shape index (κ3) is 6.28. The van der Waals surface area contributed by atoms with Crippen LogP contribution < -0.4 is 34.7 Å². The Kier molecular flexibility index (Phi) is 8.56. The highest BCUT2D eigenvalue weighted by Gasteiger charge is 2.29. The number of nitrogens with one attached hydrogen (secondary N) is 1. The van der Waals surface area contributed by atoms with Crippen molar-refractivity contribution in [2.45, 2.75) is 18.9 Å². The van der Waals surface area contributed by atoms with Gasteiger partial charge in [0, 0.05) is 18.1 Å². The highest BCUT2D eigenvalue weighted by molar-refractivity contribution is 6.14. The molecule has 0 radical (unpaired) electrons. The minimum atomic E-state index is -1.30. The van der Waals surface area contributed by atoms with Crippen LogP contribution >= 0.6 is 0 Å². The number of ketones is 1. The Labute approximate surface area is 211 Å². The molecule has 1 atom stereocenters. The maximum Gasteiger partial charge on any atom is 0.326 e. The van der Waals surface area contributed by atoms with Gasteiger partial charge in [-0.3, -0.25) is 14.4 Å². The number of hydrogen-bond donors (Lipinski definition) is 3. The Morgan fingerprint density at radius 1 is 1.08 bits per heavy atom. The zero-order valence-corrected chi connectivity index (χ0v) is 20.4. The normalized spacial score (nSPS) is 13.8. The number of benzene rings is 2. The van der Waals surface area contributed by atoms with Gasteiger partial charge in [0.15, 0.2) is 23.9 Å². The second kappa shape index (κ2) is 11.8. The molecule has 0 saturated carbocycles. The van der Waals surface area contributed by atoms with E-state index in [2.05, 4.69) is 5.32 Å². The van der Waals surface area contributed by atoms with Gasteiger partial charge in [-0.05, 0) is 36.8 Å². The van der Waals surface area contributed by atoms with Crippen LogP contribution in [0.4, 0.5) is 0 Å². The number of hydrogen-bond acceptors (Lipinski definition) is 9. The summed E-state index contributed by atoms with van der Waals surface area (Å²) in [7, 11) is 4.42. The third-order valence-corrected chi connectivity index (χ3v) is 5.35. The third-order valence-electron chi connectivity index (χ3n) is 5.35. The van der Waals surface area contributed by atoms with Crippen LogP contribution in [-0.2, 0) is 14.4 Å². The number of carbonyl (C=O) groups excluding carboxylic acids is 3. The van der Waals surface area contributed by atoms with Crippen molar-refractivity contribution in [2.24, 2.45) is 5.73 Å². The standard InChI is InChI=1S/C25H26N2O10/c1-33-17-8-4-13(23(34-2)24(17)35-3)10-19-22(30)15-6-5-14(11-18(15)37-19)36-12-21(29)27-16(25(31)32)7-9-20(26)28/h4-6,8,10-11,16H,7,9,12H2,1-3H3,(H2,26,28)(H,27,29)(H,31,32)/b19-10-/t16-/m0/s1. The number of allylic oxidation sites excluding steroid dienone is 1. The summed E-state index contributed by atoms with van der Waals surface area (Å²) in [5.41, 5.74) is 5.84. The fourth-order valence-electron chi connectivity index (χ4n) is 3.57. The Morgan fingerprint density at radius 2 is 1.81 bits per heavy atom. The van der Waals surface area contributed by atoms with Crippen LogP contribution in [0.2, 0.25) is 0 Å². The first kappa shape index (κ1) is 26.9. The number of carboxylic acids is 1. The van der Waals surface area contributed by atoms with E-state index in [-0.39, 0.29) is 35.9 Å². The molecule has 2 aromatic rings. The molecule has 1 heterocycles. The molecule has 3 rings (SSSR count). The fraction of sp³-hybridized carbons (Fsp3) is 0.280. The van der Waals surface area contributed by atoms with Crippen molar-refractivity contribution in [2.75, 3.05) is 27.9 Å². The SMILES string of the molecule is COc1ccc(/C=C2\Oc3cc(OCC(=O)N[C@@H](CCC(N)=O)C(=O)O)ccc3C2=O)c(OC)c1OC. The van der Waals surface area contributed by atoms with Crippen LogP contribution in [0.1, 0.15) is 28.8 Å². The van der Waals surface area contributed by atoms with Gasteiger partial charge < -0.3 is 39.8 Å². The minimum Gasteiger partial charge on any atom is -0.493 e. The molecule has 12 nitrogen and oxygen atoms in total. The van der Waals surface area contributed by atoms with E-state index in [1.54, 1.807) is 12.1 Å². The molecular weight excluding hydrogens is 488 g/mol. The molecule has 196 valence electrons. The van der Waals surface area contributed by atoms with E-state index < -0.39 is 30.4 Å². The van der Waals surface area contributed by atoms with Crippen LogP contribution in [0.3, 0.4) is 0 Å². The number of methoxy groups -OCH3 is 3. The lowest BCUT2D eigenvalue weighted by molar-refractivity contribution is -0.142. The van der Waals surface area contributed by atoms with Crippen molar-refractivity contribution in [1.29, 1.82) is 0 Å². The van der Waals surface area contributed by atoms with Crippen LogP contribution in [-0.4, -0.2) is 62.7 Å². The molecule has 2 aromatic carbocycles. The molecule has 2 amide bonds. The number of rotatable bonds is 12. The largest absolute Gasteiger partial charge is 0.493 e.